The highest BCUT2D eigenvalue weighted by molar-refractivity contribution is 9.10. The number of nitrogens with zero attached hydrogens (tertiary/aromatic N) is 1. The van der Waals surface area contributed by atoms with Crippen molar-refractivity contribution in [3.05, 3.63) is 57.8 Å². The van der Waals surface area contributed by atoms with Crippen LogP contribution in [0.5, 0.6) is 5.75 Å². The molecule has 1 amide bonds. The molecule has 0 bridgehead atoms. The van der Waals surface area contributed by atoms with Gasteiger partial charge in [0.25, 0.3) is 0 Å². The molecule has 1 heterocycles. The summed E-state index contributed by atoms with van der Waals surface area (Å²) in [5.74, 6) is 0.389. The fourth-order valence-corrected chi connectivity index (χ4v) is 3.81. The Balaban J connectivity index is 2.10. The van der Waals surface area contributed by atoms with Gasteiger partial charge in [-0.25, -0.2) is 9.18 Å². The Kier molecular flexibility index (Phi) is 5.47. The average Bonchev–Trinajstić information content (AvgIpc) is 2.58. The van der Waals surface area contributed by atoms with Crippen LogP contribution in [-0.2, 0) is 11.2 Å². The molecular weight excluding hydrogens is 413 g/mol. The van der Waals surface area contributed by atoms with E-state index in [0.717, 1.165) is 27.7 Å². The third-order valence-electron chi connectivity index (χ3n) is 4.44. The Labute approximate surface area is 167 Å². The lowest BCUT2D eigenvalue weighted by molar-refractivity contribution is 0.0559. The molecule has 2 aromatic rings. The number of ether oxygens (including phenoxy) is 2. The third kappa shape index (κ3) is 4.26. The lowest BCUT2D eigenvalue weighted by Crippen LogP contribution is -2.42. The molecule has 0 saturated carbocycles. The molecule has 1 aliphatic heterocycles. The van der Waals surface area contributed by atoms with Gasteiger partial charge in [-0.3, -0.25) is 4.90 Å². The average molecular weight is 436 g/mol. The van der Waals surface area contributed by atoms with Crippen LogP contribution in [0.1, 0.15) is 44.4 Å². The number of methoxy groups -OCH3 is 1. The zero-order chi connectivity index (χ0) is 19.8. The molecule has 2 aromatic carbocycles. The first-order chi connectivity index (χ1) is 12.7. The van der Waals surface area contributed by atoms with Crippen molar-refractivity contribution in [3.8, 4) is 5.75 Å². The van der Waals surface area contributed by atoms with Gasteiger partial charge in [0.15, 0.2) is 0 Å². The van der Waals surface area contributed by atoms with Crippen LogP contribution in [0.2, 0.25) is 0 Å². The maximum Gasteiger partial charge on any atom is 0.415 e. The molecule has 1 aliphatic rings. The van der Waals surface area contributed by atoms with E-state index in [2.05, 4.69) is 15.9 Å². The zero-order valence-corrected chi connectivity index (χ0v) is 17.5. The zero-order valence-electron chi connectivity index (χ0n) is 15.9. The first-order valence-electron chi connectivity index (χ1n) is 8.83. The summed E-state index contributed by atoms with van der Waals surface area (Å²) in [7, 11) is 1.61. The number of anilines is 1. The smallest absolute Gasteiger partial charge is 0.415 e. The number of carbonyl (C=O) groups is 1. The maximum atomic E-state index is 13.8. The summed E-state index contributed by atoms with van der Waals surface area (Å²) in [6, 6.07) is 9.88. The summed E-state index contributed by atoms with van der Waals surface area (Å²) in [4.78, 5) is 14.7. The molecule has 1 atom stereocenters. The molecule has 144 valence electrons. The molecular formula is C21H23BrFNO3. The van der Waals surface area contributed by atoms with Crippen molar-refractivity contribution in [1.82, 2.24) is 0 Å². The van der Waals surface area contributed by atoms with Crippen LogP contribution in [0, 0.1) is 5.82 Å². The third-order valence-corrected chi connectivity index (χ3v) is 5.05. The highest BCUT2D eigenvalue weighted by Crippen LogP contribution is 2.43. The number of amides is 1. The van der Waals surface area contributed by atoms with Gasteiger partial charge in [-0.1, -0.05) is 12.1 Å². The minimum atomic E-state index is -0.634. The summed E-state index contributed by atoms with van der Waals surface area (Å²) < 4.78 is 25.6. The Morgan fingerprint density at radius 2 is 2.00 bits per heavy atom. The van der Waals surface area contributed by atoms with E-state index in [0.29, 0.717) is 12.2 Å². The van der Waals surface area contributed by atoms with Crippen molar-refractivity contribution in [2.45, 2.75) is 45.3 Å². The van der Waals surface area contributed by atoms with Crippen molar-refractivity contribution in [1.29, 1.82) is 0 Å². The minimum absolute atomic E-state index is 0.302. The van der Waals surface area contributed by atoms with Gasteiger partial charge in [0.2, 0.25) is 0 Å². The van der Waals surface area contributed by atoms with Crippen molar-refractivity contribution < 1.29 is 18.7 Å². The van der Waals surface area contributed by atoms with E-state index in [1.54, 1.807) is 18.1 Å². The number of benzene rings is 2. The molecule has 0 N–H and O–H groups in total. The normalized spacial score (nSPS) is 16.7. The molecule has 27 heavy (non-hydrogen) atoms. The van der Waals surface area contributed by atoms with Crippen molar-refractivity contribution >= 4 is 27.7 Å². The maximum absolute atomic E-state index is 13.8. The summed E-state index contributed by atoms with van der Waals surface area (Å²) in [6.07, 6.45) is 0.967. The van der Waals surface area contributed by atoms with Crippen molar-refractivity contribution in [2.75, 3.05) is 12.0 Å². The Morgan fingerprint density at radius 1 is 1.26 bits per heavy atom. The van der Waals surface area contributed by atoms with E-state index >= 15 is 0 Å². The largest absolute Gasteiger partial charge is 0.496 e. The molecule has 6 heteroatoms. The van der Waals surface area contributed by atoms with Gasteiger partial charge >= 0.3 is 6.09 Å². The van der Waals surface area contributed by atoms with Gasteiger partial charge in [-0.15, -0.1) is 0 Å². The Bertz CT molecular complexity index is 863. The SMILES string of the molecule is COc1cc2c(cc1Br)N(C(=O)OC(C)(C)C)C(c1cccc(F)c1)CC2. The van der Waals surface area contributed by atoms with E-state index in [-0.39, 0.29) is 11.9 Å². The molecule has 0 saturated heterocycles. The number of fused-ring (bicyclic) bond motifs is 1. The van der Waals surface area contributed by atoms with E-state index in [1.165, 1.54) is 12.1 Å². The summed E-state index contributed by atoms with van der Waals surface area (Å²) in [6.45, 7) is 5.49. The van der Waals surface area contributed by atoms with Crippen molar-refractivity contribution in [2.24, 2.45) is 0 Å². The molecule has 0 fully saturated rings. The van der Waals surface area contributed by atoms with E-state index < -0.39 is 11.7 Å². The van der Waals surface area contributed by atoms with Gasteiger partial charge < -0.3 is 9.47 Å². The van der Waals surface area contributed by atoms with Gasteiger partial charge in [-0.2, -0.15) is 0 Å². The van der Waals surface area contributed by atoms with E-state index in [1.807, 2.05) is 39.0 Å². The second kappa shape index (κ2) is 7.50. The molecule has 3 rings (SSSR count). The Morgan fingerprint density at radius 3 is 2.63 bits per heavy atom. The topological polar surface area (TPSA) is 38.8 Å². The number of hydrogen-bond donors (Lipinski definition) is 0. The molecule has 0 spiro atoms. The van der Waals surface area contributed by atoms with Crippen molar-refractivity contribution in [3.63, 3.8) is 0 Å². The highest BCUT2D eigenvalue weighted by Gasteiger charge is 2.35. The summed E-state index contributed by atoms with van der Waals surface area (Å²) >= 11 is 3.50. The number of carbonyl (C=O) groups excluding carboxylic acids is 1. The predicted molar refractivity (Wildman–Crippen MR) is 107 cm³/mol. The highest BCUT2D eigenvalue weighted by atomic mass is 79.9. The lowest BCUT2D eigenvalue weighted by atomic mass is 9.91. The van der Waals surface area contributed by atoms with Gasteiger partial charge in [0.05, 0.1) is 23.3 Å². The molecule has 0 radical (unpaired) electrons. The van der Waals surface area contributed by atoms with Gasteiger partial charge in [-0.05, 0) is 84.9 Å². The molecule has 0 aromatic heterocycles. The molecule has 0 aliphatic carbocycles. The fourth-order valence-electron chi connectivity index (χ4n) is 3.32. The summed E-state index contributed by atoms with van der Waals surface area (Å²) in [5.41, 5.74) is 1.86. The van der Waals surface area contributed by atoms with Crippen LogP contribution in [0.3, 0.4) is 0 Å². The van der Waals surface area contributed by atoms with Crippen LogP contribution in [0.25, 0.3) is 0 Å². The van der Waals surface area contributed by atoms with E-state index in [9.17, 15) is 9.18 Å². The number of hydrogen-bond acceptors (Lipinski definition) is 3. The number of aryl methyl sites for hydroxylation is 1. The monoisotopic (exact) mass is 435 g/mol. The van der Waals surface area contributed by atoms with E-state index in [4.69, 9.17) is 9.47 Å². The van der Waals surface area contributed by atoms with Crippen LogP contribution in [0.15, 0.2) is 40.9 Å². The number of halogens is 2. The van der Waals surface area contributed by atoms with Crippen LogP contribution < -0.4 is 9.64 Å². The molecule has 4 nitrogen and oxygen atoms in total. The standard InChI is InChI=1S/C21H23BrFNO3/c1-21(2,3)27-20(25)24-17(13-6-5-7-15(23)10-13)9-8-14-11-19(26-4)16(22)12-18(14)24/h5-7,10-12,17H,8-9H2,1-4H3. The first-order valence-corrected chi connectivity index (χ1v) is 9.63. The van der Waals surface area contributed by atoms with Crippen LogP contribution in [-0.4, -0.2) is 18.8 Å². The fraction of sp³-hybridized carbons (Fsp3) is 0.381. The quantitative estimate of drug-likeness (QED) is 0.578. The predicted octanol–water partition coefficient (Wildman–Crippen LogP) is 6.03. The molecule has 1 unspecified atom stereocenters. The number of rotatable bonds is 2. The first kappa shape index (κ1) is 19.7. The second-order valence-electron chi connectivity index (χ2n) is 7.58. The van der Waals surface area contributed by atoms with Crippen LogP contribution >= 0.6 is 15.9 Å². The van der Waals surface area contributed by atoms with Gasteiger partial charge in [0, 0.05) is 0 Å². The van der Waals surface area contributed by atoms with Crippen LogP contribution in [0.4, 0.5) is 14.9 Å². The summed E-state index contributed by atoms with van der Waals surface area (Å²) in [5, 5.41) is 0. The van der Waals surface area contributed by atoms with Gasteiger partial charge in [0.1, 0.15) is 17.2 Å². The second-order valence-corrected chi connectivity index (χ2v) is 8.43. The lowest BCUT2D eigenvalue weighted by Gasteiger charge is -2.38. The minimum Gasteiger partial charge on any atom is -0.496 e. The Hall–Kier alpha value is -2.08.